The Hall–Kier alpha value is -2.15. The zero-order valence-electron chi connectivity index (χ0n) is 14.6. The van der Waals surface area contributed by atoms with Crippen molar-refractivity contribution in [2.75, 3.05) is 13.7 Å². The highest BCUT2D eigenvalue weighted by molar-refractivity contribution is 5.85. The van der Waals surface area contributed by atoms with Crippen molar-refractivity contribution in [1.29, 1.82) is 0 Å². The second kappa shape index (κ2) is 9.52. The molecule has 3 rings (SSSR count). The Kier molecular flexibility index (Phi) is 7.38. The van der Waals surface area contributed by atoms with Gasteiger partial charge in [-0.05, 0) is 24.9 Å². The molecule has 0 aromatic heterocycles. The molecule has 0 saturated carbocycles. The molecule has 1 N–H and O–H groups in total. The van der Waals surface area contributed by atoms with Crippen LogP contribution in [0.3, 0.4) is 0 Å². The van der Waals surface area contributed by atoms with Crippen molar-refractivity contribution in [1.82, 2.24) is 5.32 Å². The van der Waals surface area contributed by atoms with Crippen LogP contribution in [0.15, 0.2) is 48.5 Å². The lowest BCUT2D eigenvalue weighted by Crippen LogP contribution is -2.39. The first-order chi connectivity index (χ1) is 12.2. The van der Waals surface area contributed by atoms with Crippen LogP contribution >= 0.6 is 12.4 Å². The zero-order valence-corrected chi connectivity index (χ0v) is 15.4. The molecule has 0 spiro atoms. The quantitative estimate of drug-likeness (QED) is 0.606. The van der Waals surface area contributed by atoms with Crippen molar-refractivity contribution in [2.24, 2.45) is 0 Å². The number of hydrogen-bond donors (Lipinski definition) is 1. The second-order valence-electron chi connectivity index (χ2n) is 6.06. The molecule has 0 aliphatic carbocycles. The van der Waals surface area contributed by atoms with E-state index >= 15 is 0 Å². The molecule has 26 heavy (non-hydrogen) atoms. The summed E-state index contributed by atoms with van der Waals surface area (Å²) in [5, 5.41) is 14.7. The number of para-hydroxylation sites is 1. The van der Waals surface area contributed by atoms with Crippen molar-refractivity contribution >= 4 is 18.1 Å². The molecule has 7 heteroatoms. The predicted molar refractivity (Wildman–Crippen MR) is 102 cm³/mol. The third-order valence-electron chi connectivity index (χ3n) is 4.49. The molecule has 1 aliphatic heterocycles. The van der Waals surface area contributed by atoms with Crippen LogP contribution in [0.1, 0.15) is 30.0 Å². The van der Waals surface area contributed by atoms with Gasteiger partial charge in [-0.25, -0.2) is 0 Å². The Labute approximate surface area is 159 Å². The smallest absolute Gasteiger partial charge is 0.311 e. The number of ether oxygens (including phenoxy) is 2. The van der Waals surface area contributed by atoms with Gasteiger partial charge in [-0.3, -0.25) is 10.1 Å². The minimum Gasteiger partial charge on any atom is -0.490 e. The number of nitrogens with zero attached hydrogens (tertiary/aromatic N) is 1. The maximum atomic E-state index is 11.2. The molecule has 0 radical (unpaired) electrons. The van der Waals surface area contributed by atoms with Crippen molar-refractivity contribution in [3.05, 3.63) is 69.8 Å². The highest BCUT2D eigenvalue weighted by Crippen LogP contribution is 2.33. The van der Waals surface area contributed by atoms with E-state index < -0.39 is 4.92 Å². The third-order valence-corrected chi connectivity index (χ3v) is 4.49. The zero-order chi connectivity index (χ0) is 17.6. The van der Waals surface area contributed by atoms with E-state index in [1.165, 1.54) is 18.7 Å². The Morgan fingerprint density at radius 2 is 1.96 bits per heavy atom. The average Bonchev–Trinajstić information content (AvgIpc) is 2.66. The molecule has 0 amide bonds. The fourth-order valence-electron chi connectivity index (χ4n) is 3.29. The van der Waals surface area contributed by atoms with E-state index in [1.54, 1.807) is 12.1 Å². The van der Waals surface area contributed by atoms with Crippen molar-refractivity contribution < 1.29 is 14.4 Å². The molecule has 1 saturated heterocycles. The van der Waals surface area contributed by atoms with Crippen molar-refractivity contribution in [3.8, 4) is 5.75 Å². The number of hydrogen-bond acceptors (Lipinski definition) is 5. The highest BCUT2D eigenvalue weighted by atomic mass is 35.5. The van der Waals surface area contributed by atoms with Crippen LogP contribution in [-0.4, -0.2) is 24.7 Å². The molecule has 1 heterocycles. The minimum absolute atomic E-state index is 0. The SMILES string of the molecule is COc1c(CO[C@@H]2CCCN[C@@H]2c2ccccc2)cccc1[N+](=O)[O-].Cl. The summed E-state index contributed by atoms with van der Waals surface area (Å²) in [7, 11) is 1.45. The van der Waals surface area contributed by atoms with Crippen LogP contribution in [0.5, 0.6) is 5.75 Å². The van der Waals surface area contributed by atoms with E-state index in [1.807, 2.05) is 18.2 Å². The summed E-state index contributed by atoms with van der Waals surface area (Å²) in [5.41, 5.74) is 1.84. The Balaban J connectivity index is 0.00000243. The Morgan fingerprint density at radius 1 is 1.19 bits per heavy atom. The molecule has 2 aromatic carbocycles. The van der Waals surface area contributed by atoms with Gasteiger partial charge in [0.2, 0.25) is 5.75 Å². The molecule has 1 fully saturated rings. The van der Waals surface area contributed by atoms with E-state index in [0.717, 1.165) is 19.4 Å². The van der Waals surface area contributed by atoms with Gasteiger partial charge in [0.1, 0.15) is 0 Å². The van der Waals surface area contributed by atoms with Gasteiger partial charge in [-0.2, -0.15) is 0 Å². The Morgan fingerprint density at radius 3 is 2.65 bits per heavy atom. The van der Waals surface area contributed by atoms with Crippen LogP contribution in [-0.2, 0) is 11.3 Å². The molecular formula is C19H23ClN2O4. The summed E-state index contributed by atoms with van der Waals surface area (Å²) in [5.74, 6) is 0.271. The van der Waals surface area contributed by atoms with Crippen LogP contribution < -0.4 is 10.1 Å². The molecule has 2 aromatic rings. The molecule has 0 unspecified atom stereocenters. The maximum absolute atomic E-state index is 11.2. The first kappa shape index (κ1) is 20.2. The monoisotopic (exact) mass is 378 g/mol. The summed E-state index contributed by atoms with van der Waals surface area (Å²) >= 11 is 0. The molecule has 0 bridgehead atoms. The second-order valence-corrected chi connectivity index (χ2v) is 6.06. The first-order valence-corrected chi connectivity index (χ1v) is 8.41. The fraction of sp³-hybridized carbons (Fsp3) is 0.368. The normalized spacial score (nSPS) is 19.4. The number of nitrogens with one attached hydrogen (secondary N) is 1. The summed E-state index contributed by atoms with van der Waals surface area (Å²) < 4.78 is 11.4. The van der Waals surface area contributed by atoms with Crippen LogP contribution in [0.4, 0.5) is 5.69 Å². The van der Waals surface area contributed by atoms with Crippen LogP contribution in [0, 0.1) is 10.1 Å². The largest absolute Gasteiger partial charge is 0.490 e. The lowest BCUT2D eigenvalue weighted by Gasteiger charge is -2.33. The van der Waals surface area contributed by atoms with Gasteiger partial charge in [0.15, 0.2) is 0 Å². The molecule has 140 valence electrons. The predicted octanol–water partition coefficient (Wildman–Crippen LogP) is 4.04. The minimum atomic E-state index is -0.433. The number of rotatable bonds is 6. The molecule has 6 nitrogen and oxygen atoms in total. The maximum Gasteiger partial charge on any atom is 0.311 e. The number of halogens is 1. The fourth-order valence-corrected chi connectivity index (χ4v) is 3.29. The number of methoxy groups -OCH3 is 1. The number of nitro benzene ring substituents is 1. The molecule has 1 aliphatic rings. The number of piperidine rings is 1. The van der Waals surface area contributed by atoms with Gasteiger partial charge < -0.3 is 14.8 Å². The van der Waals surface area contributed by atoms with E-state index in [4.69, 9.17) is 9.47 Å². The van der Waals surface area contributed by atoms with Gasteiger partial charge in [0.05, 0.1) is 30.8 Å². The van der Waals surface area contributed by atoms with Gasteiger partial charge in [-0.1, -0.05) is 42.5 Å². The molecule has 2 atom stereocenters. The molecular weight excluding hydrogens is 356 g/mol. The first-order valence-electron chi connectivity index (χ1n) is 8.41. The lowest BCUT2D eigenvalue weighted by atomic mass is 9.94. The van der Waals surface area contributed by atoms with Gasteiger partial charge in [0.25, 0.3) is 0 Å². The summed E-state index contributed by atoms with van der Waals surface area (Å²) in [6.45, 7) is 1.24. The van der Waals surface area contributed by atoms with Crippen molar-refractivity contribution in [2.45, 2.75) is 31.6 Å². The van der Waals surface area contributed by atoms with Crippen LogP contribution in [0.2, 0.25) is 0 Å². The van der Waals surface area contributed by atoms with Crippen LogP contribution in [0.25, 0.3) is 0 Å². The summed E-state index contributed by atoms with van der Waals surface area (Å²) in [6.07, 6.45) is 2.00. The summed E-state index contributed by atoms with van der Waals surface area (Å²) in [6, 6.07) is 15.2. The van der Waals surface area contributed by atoms with Crippen molar-refractivity contribution in [3.63, 3.8) is 0 Å². The van der Waals surface area contributed by atoms with Gasteiger partial charge >= 0.3 is 5.69 Å². The topological polar surface area (TPSA) is 73.6 Å². The summed E-state index contributed by atoms with van der Waals surface area (Å²) in [4.78, 5) is 10.7. The van der Waals surface area contributed by atoms with E-state index in [2.05, 4.69) is 17.4 Å². The standard InChI is InChI=1S/C19H22N2O4.ClH/c1-24-19-15(9-5-10-16(19)21(22)23)13-25-17-11-6-12-20-18(17)14-7-3-2-4-8-14;/h2-5,7-10,17-18,20H,6,11-13H2,1H3;1H/t17-,18-;/m1./s1. The van der Waals surface area contributed by atoms with Gasteiger partial charge in [0, 0.05) is 11.6 Å². The third kappa shape index (κ3) is 4.52. The Bertz CT molecular complexity index is 727. The number of nitro groups is 1. The van der Waals surface area contributed by atoms with E-state index in [-0.39, 0.29) is 42.6 Å². The lowest BCUT2D eigenvalue weighted by molar-refractivity contribution is -0.385. The number of benzene rings is 2. The highest BCUT2D eigenvalue weighted by Gasteiger charge is 2.27. The van der Waals surface area contributed by atoms with E-state index in [9.17, 15) is 10.1 Å². The van der Waals surface area contributed by atoms with E-state index in [0.29, 0.717) is 5.56 Å². The van der Waals surface area contributed by atoms with Gasteiger partial charge in [-0.15, -0.1) is 12.4 Å². The average molecular weight is 379 g/mol.